The predicted molar refractivity (Wildman–Crippen MR) is 90.0 cm³/mol. The molecular weight excluding hydrogens is 244 g/mol. The number of carbonyl (C=O) groups excluding carboxylic acids is 1. The fourth-order valence-corrected chi connectivity index (χ4v) is 2.13. The van der Waals surface area contributed by atoms with Gasteiger partial charge in [-0.2, -0.15) is 0 Å². The Morgan fingerprint density at radius 3 is 1.65 bits per heavy atom. The maximum atomic E-state index is 11.6. The van der Waals surface area contributed by atoms with E-state index in [0.717, 1.165) is 12.8 Å². The van der Waals surface area contributed by atoms with Crippen molar-refractivity contribution in [3.8, 4) is 0 Å². The highest BCUT2D eigenvalue weighted by Gasteiger charge is 1.94. The van der Waals surface area contributed by atoms with E-state index in [2.05, 4.69) is 26.0 Å². The van der Waals surface area contributed by atoms with Crippen LogP contribution in [0.15, 0.2) is 24.3 Å². The minimum Gasteiger partial charge on any atom is -0.299 e. The minimum atomic E-state index is 0.332. The van der Waals surface area contributed by atoms with Gasteiger partial charge in [-0.25, -0.2) is 0 Å². The molecule has 1 nitrogen and oxygen atoms in total. The molecule has 0 amide bonds. The fraction of sp³-hybridized carbons (Fsp3) is 0.737. The van der Waals surface area contributed by atoms with Gasteiger partial charge in [-0.15, -0.1) is 0 Å². The second kappa shape index (κ2) is 16.2. The third-order valence-electron chi connectivity index (χ3n) is 3.47. The number of hydrogen-bond acceptors (Lipinski definition) is 1. The Hall–Kier alpha value is -0.850. The number of carbonyl (C=O) groups is 1. The van der Waals surface area contributed by atoms with Crippen LogP contribution in [0.1, 0.15) is 90.9 Å². The summed E-state index contributed by atoms with van der Waals surface area (Å²) in [6.45, 7) is 4.45. The molecule has 1 heteroatoms. The smallest absolute Gasteiger partial charge is 0.140 e. The lowest BCUT2D eigenvalue weighted by molar-refractivity contribution is -0.117. The number of hydrogen-bond donors (Lipinski definition) is 0. The van der Waals surface area contributed by atoms with Gasteiger partial charge in [0.25, 0.3) is 0 Å². The van der Waals surface area contributed by atoms with Crippen molar-refractivity contribution < 1.29 is 4.79 Å². The van der Waals surface area contributed by atoms with Crippen LogP contribution in [0.5, 0.6) is 0 Å². The van der Waals surface area contributed by atoms with Gasteiger partial charge in [0.15, 0.2) is 0 Å². The van der Waals surface area contributed by atoms with Crippen molar-refractivity contribution in [2.24, 2.45) is 0 Å². The highest BCUT2D eigenvalue weighted by molar-refractivity contribution is 5.81. The normalized spacial score (nSPS) is 11.7. The molecule has 0 spiro atoms. The molecule has 0 unspecified atom stereocenters. The summed E-state index contributed by atoms with van der Waals surface area (Å²) in [4.78, 5) is 11.6. The zero-order valence-corrected chi connectivity index (χ0v) is 13.7. The van der Waals surface area contributed by atoms with Crippen molar-refractivity contribution in [3.63, 3.8) is 0 Å². The first kappa shape index (κ1) is 19.1. The summed E-state index contributed by atoms with van der Waals surface area (Å²) in [7, 11) is 0. The predicted octanol–water partition coefficient (Wildman–Crippen LogP) is 6.39. The average molecular weight is 278 g/mol. The molecule has 0 rings (SSSR count). The summed E-state index contributed by atoms with van der Waals surface area (Å²) in [5, 5.41) is 0. The number of Topliss-reactive ketones (excluding diaryl/α,β-unsaturated/α-hetero) is 1. The molecule has 0 aromatic carbocycles. The summed E-state index contributed by atoms with van der Waals surface area (Å²) in [6, 6.07) is 0. The fourth-order valence-electron chi connectivity index (χ4n) is 2.13. The molecule has 20 heavy (non-hydrogen) atoms. The number of unbranched alkanes of at least 4 members (excludes halogenated alkanes) is 8. The molecule has 0 N–H and O–H groups in total. The zero-order valence-electron chi connectivity index (χ0n) is 13.7. The Morgan fingerprint density at radius 1 is 0.650 bits per heavy atom. The largest absolute Gasteiger partial charge is 0.299 e. The van der Waals surface area contributed by atoms with Crippen LogP contribution in [0, 0.1) is 0 Å². The van der Waals surface area contributed by atoms with Crippen molar-refractivity contribution in [3.05, 3.63) is 24.3 Å². The van der Waals surface area contributed by atoms with Crippen LogP contribution in [-0.2, 0) is 4.79 Å². The molecule has 0 radical (unpaired) electrons. The van der Waals surface area contributed by atoms with Crippen molar-refractivity contribution in [1.29, 1.82) is 0 Å². The minimum absolute atomic E-state index is 0.332. The summed E-state index contributed by atoms with van der Waals surface area (Å²) >= 11 is 0. The third-order valence-corrected chi connectivity index (χ3v) is 3.47. The number of rotatable bonds is 14. The van der Waals surface area contributed by atoms with E-state index in [1.54, 1.807) is 0 Å². The second-order valence-electron chi connectivity index (χ2n) is 5.59. The van der Waals surface area contributed by atoms with Crippen LogP contribution < -0.4 is 0 Å². The van der Waals surface area contributed by atoms with Gasteiger partial charge < -0.3 is 0 Å². The van der Waals surface area contributed by atoms with Gasteiger partial charge in [-0.1, -0.05) is 76.7 Å². The van der Waals surface area contributed by atoms with Crippen LogP contribution in [0.2, 0.25) is 0 Å². The lowest BCUT2D eigenvalue weighted by atomic mass is 10.1. The second-order valence-corrected chi connectivity index (χ2v) is 5.59. The molecule has 0 aliphatic rings. The van der Waals surface area contributed by atoms with Crippen LogP contribution in [0.25, 0.3) is 0 Å². The maximum absolute atomic E-state index is 11.6. The van der Waals surface area contributed by atoms with Gasteiger partial charge in [-0.05, 0) is 25.7 Å². The summed E-state index contributed by atoms with van der Waals surface area (Å²) < 4.78 is 0. The van der Waals surface area contributed by atoms with Gasteiger partial charge in [0, 0.05) is 12.8 Å². The molecule has 116 valence electrons. The zero-order chi connectivity index (χ0) is 14.9. The molecule has 0 saturated heterocycles. The molecule has 0 bridgehead atoms. The first-order chi connectivity index (χ1) is 9.81. The van der Waals surface area contributed by atoms with Gasteiger partial charge in [0.1, 0.15) is 5.78 Å². The van der Waals surface area contributed by atoms with Gasteiger partial charge in [-0.3, -0.25) is 4.79 Å². The van der Waals surface area contributed by atoms with E-state index in [0.29, 0.717) is 18.6 Å². The summed E-state index contributed by atoms with van der Waals surface area (Å²) in [5.74, 6) is 0.332. The summed E-state index contributed by atoms with van der Waals surface area (Å²) in [5.41, 5.74) is 0. The van der Waals surface area contributed by atoms with Gasteiger partial charge in [0.2, 0.25) is 0 Å². The van der Waals surface area contributed by atoms with E-state index in [1.807, 2.05) is 12.2 Å². The molecule has 0 aliphatic carbocycles. The van der Waals surface area contributed by atoms with E-state index in [9.17, 15) is 4.79 Å². The quantitative estimate of drug-likeness (QED) is 0.266. The average Bonchev–Trinajstić information content (AvgIpc) is 2.45. The molecule has 0 aliphatic heterocycles. The lowest BCUT2D eigenvalue weighted by Gasteiger charge is -1.96. The first-order valence-corrected chi connectivity index (χ1v) is 8.63. The van der Waals surface area contributed by atoms with Gasteiger partial charge >= 0.3 is 0 Å². The van der Waals surface area contributed by atoms with Gasteiger partial charge in [0.05, 0.1) is 0 Å². The number of ketones is 1. The monoisotopic (exact) mass is 278 g/mol. The standard InChI is InChI=1S/C19H34O/c1-3-5-7-9-11-12-14-16-18-19(20)17-15-13-10-8-6-4-2/h13-16H,3-12,17-18H2,1-2H3/b15-13-,16-14+. The molecule has 0 saturated carbocycles. The van der Waals surface area contributed by atoms with Crippen molar-refractivity contribution in [2.45, 2.75) is 90.9 Å². The molecule has 0 heterocycles. The Balaban J connectivity index is 3.38. The third kappa shape index (κ3) is 15.2. The van der Waals surface area contributed by atoms with Crippen LogP contribution in [0.3, 0.4) is 0 Å². The highest BCUT2D eigenvalue weighted by Crippen LogP contribution is 2.06. The van der Waals surface area contributed by atoms with E-state index in [1.165, 1.54) is 51.4 Å². The van der Waals surface area contributed by atoms with Crippen LogP contribution in [-0.4, -0.2) is 5.78 Å². The van der Waals surface area contributed by atoms with E-state index in [4.69, 9.17) is 0 Å². The molecule has 0 fully saturated rings. The van der Waals surface area contributed by atoms with Crippen molar-refractivity contribution in [2.75, 3.05) is 0 Å². The summed E-state index contributed by atoms with van der Waals surface area (Å²) in [6.07, 6.45) is 22.3. The Labute approximate surface area is 126 Å². The molecule has 0 atom stereocenters. The topological polar surface area (TPSA) is 17.1 Å². The van der Waals surface area contributed by atoms with E-state index >= 15 is 0 Å². The Bertz CT molecular complexity index is 263. The van der Waals surface area contributed by atoms with E-state index < -0.39 is 0 Å². The SMILES string of the molecule is CCCCC/C=C\CC(=O)C/C=C/CCCCCCC. The lowest BCUT2D eigenvalue weighted by Crippen LogP contribution is -1.92. The molecule has 0 aromatic heterocycles. The van der Waals surface area contributed by atoms with Crippen molar-refractivity contribution in [1.82, 2.24) is 0 Å². The highest BCUT2D eigenvalue weighted by atomic mass is 16.1. The van der Waals surface area contributed by atoms with Crippen LogP contribution in [0.4, 0.5) is 0 Å². The Morgan fingerprint density at radius 2 is 1.10 bits per heavy atom. The maximum Gasteiger partial charge on any atom is 0.140 e. The van der Waals surface area contributed by atoms with Crippen molar-refractivity contribution >= 4 is 5.78 Å². The molecular formula is C19H34O. The number of allylic oxidation sites excluding steroid dienone is 4. The van der Waals surface area contributed by atoms with E-state index in [-0.39, 0.29) is 0 Å². The van der Waals surface area contributed by atoms with Crippen LogP contribution >= 0.6 is 0 Å². The Kier molecular flexibility index (Phi) is 15.5. The molecule has 0 aromatic rings. The first-order valence-electron chi connectivity index (χ1n) is 8.63.